The summed E-state index contributed by atoms with van der Waals surface area (Å²) in [6, 6.07) is 0. The van der Waals surface area contributed by atoms with Crippen molar-refractivity contribution < 1.29 is 18.1 Å². The molecule has 0 spiro atoms. The minimum absolute atomic E-state index is 0.337. The van der Waals surface area contributed by atoms with Crippen molar-refractivity contribution in [2.45, 2.75) is 39.5 Å². The third kappa shape index (κ3) is 2.50. The van der Waals surface area contributed by atoms with E-state index in [0.717, 1.165) is 25.0 Å². The number of fused-ring (bicyclic) bond motifs is 2. The van der Waals surface area contributed by atoms with Crippen LogP contribution in [0.4, 0.5) is 0 Å². The third-order valence-corrected chi connectivity index (χ3v) is 4.65. The van der Waals surface area contributed by atoms with Crippen molar-refractivity contribution in [3.63, 3.8) is 0 Å². The molecule has 16 heavy (non-hydrogen) atoms. The van der Waals surface area contributed by atoms with Crippen molar-refractivity contribution in [2.75, 3.05) is 13.2 Å². The van der Waals surface area contributed by atoms with E-state index < -0.39 is 7.82 Å². The van der Waals surface area contributed by atoms with Gasteiger partial charge in [-0.2, -0.15) is 0 Å². The molecule has 0 amide bonds. The van der Waals surface area contributed by atoms with Crippen LogP contribution in [-0.4, -0.2) is 13.2 Å². The Bertz CT molecular complexity index is 327. The molecule has 0 heterocycles. The van der Waals surface area contributed by atoms with Gasteiger partial charge in [0.25, 0.3) is 0 Å². The van der Waals surface area contributed by atoms with E-state index in [1.165, 1.54) is 12.0 Å². The quantitative estimate of drug-likeness (QED) is 0.671. The molecule has 1 unspecified atom stereocenters. The first-order chi connectivity index (χ1) is 7.67. The zero-order valence-corrected chi connectivity index (χ0v) is 10.8. The van der Waals surface area contributed by atoms with Gasteiger partial charge in [-0.3, -0.25) is 9.05 Å². The Morgan fingerprint density at radius 3 is 2.38 bits per heavy atom. The average Bonchev–Trinajstić information content (AvgIpc) is 2.79. The van der Waals surface area contributed by atoms with E-state index in [-0.39, 0.29) is 0 Å². The van der Waals surface area contributed by atoms with Gasteiger partial charge in [0, 0.05) is 6.42 Å². The summed E-state index contributed by atoms with van der Waals surface area (Å²) in [6.45, 7) is 4.24. The van der Waals surface area contributed by atoms with E-state index in [1.54, 1.807) is 13.8 Å². The van der Waals surface area contributed by atoms with Gasteiger partial charge in [-0.25, -0.2) is 4.57 Å². The van der Waals surface area contributed by atoms with E-state index in [4.69, 9.17) is 13.6 Å². The standard InChI is InChI=1S/C11H19O4P/c1-3-13-16(12,14-4-2)15-11-8-9-5-6-10(11)7-9/h9H,3-8H2,1-2H3. The molecule has 1 atom stereocenters. The lowest BCUT2D eigenvalue weighted by atomic mass is 10.1. The monoisotopic (exact) mass is 246 g/mol. The largest absolute Gasteiger partial charge is 0.529 e. The molecular formula is C11H19O4P. The first-order valence-electron chi connectivity index (χ1n) is 5.96. The molecule has 0 aromatic rings. The Labute approximate surface area is 96.6 Å². The van der Waals surface area contributed by atoms with Crippen molar-refractivity contribution in [1.82, 2.24) is 0 Å². The van der Waals surface area contributed by atoms with Crippen LogP contribution < -0.4 is 0 Å². The van der Waals surface area contributed by atoms with E-state index >= 15 is 0 Å². The highest BCUT2D eigenvalue weighted by Gasteiger charge is 2.36. The second kappa shape index (κ2) is 4.91. The SMILES string of the molecule is CCOP(=O)(OCC)OC1=C2CCC(C2)C1. The van der Waals surface area contributed by atoms with Crippen LogP contribution in [0.5, 0.6) is 0 Å². The lowest BCUT2D eigenvalue weighted by molar-refractivity contribution is 0.141. The summed E-state index contributed by atoms with van der Waals surface area (Å²) >= 11 is 0. The molecule has 2 bridgehead atoms. The minimum Gasteiger partial charge on any atom is -0.409 e. The van der Waals surface area contributed by atoms with Crippen LogP contribution in [-0.2, 0) is 18.1 Å². The van der Waals surface area contributed by atoms with Crippen LogP contribution >= 0.6 is 7.82 Å². The van der Waals surface area contributed by atoms with Gasteiger partial charge < -0.3 is 4.52 Å². The van der Waals surface area contributed by atoms with Crippen molar-refractivity contribution in [2.24, 2.45) is 5.92 Å². The Kier molecular flexibility index (Phi) is 3.73. The van der Waals surface area contributed by atoms with E-state index in [9.17, 15) is 4.57 Å². The number of phosphoric ester groups is 1. The Hall–Kier alpha value is -0.310. The van der Waals surface area contributed by atoms with Gasteiger partial charge in [0.05, 0.1) is 13.2 Å². The maximum atomic E-state index is 12.1. The van der Waals surface area contributed by atoms with Crippen LogP contribution in [0.25, 0.3) is 0 Å². The van der Waals surface area contributed by atoms with Gasteiger partial charge in [-0.1, -0.05) is 0 Å². The van der Waals surface area contributed by atoms with Crippen molar-refractivity contribution >= 4 is 7.82 Å². The highest BCUT2D eigenvalue weighted by molar-refractivity contribution is 7.48. The fourth-order valence-electron chi connectivity index (χ4n) is 2.41. The Morgan fingerprint density at radius 2 is 1.94 bits per heavy atom. The molecule has 2 aliphatic carbocycles. The second-order valence-electron chi connectivity index (χ2n) is 4.21. The third-order valence-electron chi connectivity index (χ3n) is 3.05. The minimum atomic E-state index is -3.36. The van der Waals surface area contributed by atoms with Gasteiger partial charge in [-0.05, 0) is 44.6 Å². The predicted molar refractivity (Wildman–Crippen MR) is 60.9 cm³/mol. The fourth-order valence-corrected chi connectivity index (χ4v) is 3.69. The summed E-state index contributed by atoms with van der Waals surface area (Å²) < 4.78 is 27.9. The molecule has 4 nitrogen and oxygen atoms in total. The van der Waals surface area contributed by atoms with Gasteiger partial charge in [0.2, 0.25) is 0 Å². The molecule has 5 heteroatoms. The van der Waals surface area contributed by atoms with Crippen LogP contribution in [0, 0.1) is 5.92 Å². The summed E-state index contributed by atoms with van der Waals surface area (Å²) in [5, 5.41) is 0. The van der Waals surface area contributed by atoms with Crippen molar-refractivity contribution in [1.29, 1.82) is 0 Å². The maximum absolute atomic E-state index is 12.1. The lowest BCUT2D eigenvalue weighted by Crippen LogP contribution is -2.03. The molecule has 0 radical (unpaired) electrons. The maximum Gasteiger partial charge on any atom is 0.529 e. The fraction of sp³-hybridized carbons (Fsp3) is 0.818. The van der Waals surface area contributed by atoms with Crippen molar-refractivity contribution in [3.05, 3.63) is 11.3 Å². The molecule has 0 aliphatic heterocycles. The molecule has 2 rings (SSSR count). The average molecular weight is 246 g/mol. The van der Waals surface area contributed by atoms with Gasteiger partial charge in [-0.15, -0.1) is 0 Å². The molecule has 0 N–H and O–H groups in total. The summed E-state index contributed by atoms with van der Waals surface area (Å²) in [5.41, 5.74) is 1.31. The molecule has 0 aromatic carbocycles. The Balaban J connectivity index is 2.03. The van der Waals surface area contributed by atoms with Crippen LogP contribution in [0.15, 0.2) is 11.3 Å². The first-order valence-corrected chi connectivity index (χ1v) is 7.42. The second-order valence-corrected chi connectivity index (χ2v) is 5.81. The zero-order valence-electron chi connectivity index (χ0n) is 9.90. The van der Waals surface area contributed by atoms with Gasteiger partial charge in [0.1, 0.15) is 5.76 Å². The van der Waals surface area contributed by atoms with Crippen LogP contribution in [0.3, 0.4) is 0 Å². The molecule has 1 saturated carbocycles. The van der Waals surface area contributed by atoms with Crippen molar-refractivity contribution in [3.8, 4) is 0 Å². The molecule has 2 aliphatic rings. The van der Waals surface area contributed by atoms with Crippen LogP contribution in [0.2, 0.25) is 0 Å². The van der Waals surface area contributed by atoms with E-state index in [2.05, 4.69) is 0 Å². The number of hydrogen-bond donors (Lipinski definition) is 0. The zero-order chi connectivity index (χ0) is 11.6. The Morgan fingerprint density at radius 1 is 1.25 bits per heavy atom. The topological polar surface area (TPSA) is 44.8 Å². The molecule has 92 valence electrons. The molecule has 0 aromatic heterocycles. The van der Waals surface area contributed by atoms with E-state index in [1.807, 2.05) is 0 Å². The van der Waals surface area contributed by atoms with E-state index in [0.29, 0.717) is 19.1 Å². The number of rotatable bonds is 6. The molecule has 1 fully saturated rings. The normalized spacial score (nSPS) is 24.2. The molecule has 0 saturated heterocycles. The first kappa shape index (κ1) is 12.2. The lowest BCUT2D eigenvalue weighted by Gasteiger charge is -2.20. The predicted octanol–water partition coefficient (Wildman–Crippen LogP) is 3.64. The van der Waals surface area contributed by atoms with Gasteiger partial charge in [0.15, 0.2) is 0 Å². The molecular weight excluding hydrogens is 227 g/mol. The number of allylic oxidation sites excluding steroid dienone is 2. The number of phosphoric acid groups is 1. The van der Waals surface area contributed by atoms with Gasteiger partial charge >= 0.3 is 7.82 Å². The highest BCUT2D eigenvalue weighted by Crippen LogP contribution is 2.56. The summed E-state index contributed by atoms with van der Waals surface area (Å²) in [5.74, 6) is 1.56. The summed E-state index contributed by atoms with van der Waals surface area (Å²) in [7, 11) is -3.36. The summed E-state index contributed by atoms with van der Waals surface area (Å²) in [6.07, 6.45) is 4.33. The highest BCUT2D eigenvalue weighted by atomic mass is 31.2. The summed E-state index contributed by atoms with van der Waals surface area (Å²) in [4.78, 5) is 0. The smallest absolute Gasteiger partial charge is 0.409 e. The number of hydrogen-bond acceptors (Lipinski definition) is 4. The van der Waals surface area contributed by atoms with Crippen LogP contribution in [0.1, 0.15) is 39.5 Å².